The number of piperidine rings is 1. The quantitative estimate of drug-likeness (QED) is 0.844. The van der Waals surface area contributed by atoms with Gasteiger partial charge in [-0.1, -0.05) is 11.6 Å². The third kappa shape index (κ3) is 2.96. The van der Waals surface area contributed by atoms with Crippen molar-refractivity contribution in [1.82, 2.24) is 20.3 Å². The van der Waals surface area contributed by atoms with Gasteiger partial charge in [-0.05, 0) is 38.0 Å². The minimum atomic E-state index is -0.394. The zero-order valence-electron chi connectivity index (χ0n) is 14.0. The minimum absolute atomic E-state index is 0.0778. The van der Waals surface area contributed by atoms with E-state index in [-0.39, 0.29) is 23.9 Å². The highest BCUT2D eigenvalue weighted by Gasteiger charge is 2.35. The molecule has 7 nitrogen and oxygen atoms in total. The lowest BCUT2D eigenvalue weighted by Crippen LogP contribution is -2.47. The van der Waals surface area contributed by atoms with E-state index in [1.165, 1.54) is 0 Å². The van der Waals surface area contributed by atoms with Crippen LogP contribution in [0.1, 0.15) is 25.8 Å². The number of carbonyl (C=O) groups excluding carboxylic acids is 1. The second-order valence-electron chi connectivity index (χ2n) is 6.85. The first-order chi connectivity index (χ1) is 12.0. The number of nitrogens with zero attached hydrogens (tertiary/aromatic N) is 2. The van der Waals surface area contributed by atoms with Gasteiger partial charge in [0, 0.05) is 30.7 Å². The minimum Gasteiger partial charge on any atom is -0.408 e. The molecule has 2 fully saturated rings. The van der Waals surface area contributed by atoms with Crippen LogP contribution >= 0.6 is 11.6 Å². The number of aromatic nitrogens is 1. The zero-order valence-corrected chi connectivity index (χ0v) is 14.8. The molecule has 1 aromatic carbocycles. The topological polar surface area (TPSA) is 79.5 Å². The third-order valence-corrected chi connectivity index (χ3v) is 5.46. The molecule has 2 N–H and O–H groups in total. The lowest BCUT2D eigenvalue weighted by Gasteiger charge is -2.35. The number of amides is 1. The fraction of sp³-hybridized carbons (Fsp3) is 0.529. The Morgan fingerprint density at radius 1 is 1.40 bits per heavy atom. The normalized spacial score (nSPS) is 27.1. The maximum Gasteiger partial charge on any atom is 0.420 e. The molecule has 3 unspecified atom stereocenters. The van der Waals surface area contributed by atoms with E-state index in [1.807, 2.05) is 11.8 Å². The predicted molar refractivity (Wildman–Crippen MR) is 94.4 cm³/mol. The first-order valence-electron chi connectivity index (χ1n) is 8.62. The monoisotopic (exact) mass is 364 g/mol. The van der Waals surface area contributed by atoms with Gasteiger partial charge in [0.25, 0.3) is 0 Å². The fourth-order valence-corrected chi connectivity index (χ4v) is 4.03. The Kier molecular flexibility index (Phi) is 4.31. The number of hydrogen-bond donors (Lipinski definition) is 2. The van der Waals surface area contributed by atoms with Crippen LogP contribution in [0, 0.1) is 5.92 Å². The Morgan fingerprint density at radius 3 is 3.00 bits per heavy atom. The molecule has 8 heteroatoms. The molecule has 2 aliphatic rings. The van der Waals surface area contributed by atoms with Crippen LogP contribution < -0.4 is 16.6 Å². The van der Waals surface area contributed by atoms with E-state index in [1.54, 1.807) is 22.8 Å². The number of hydrogen-bond acceptors (Lipinski definition) is 5. The molecule has 1 aromatic heterocycles. The molecule has 0 aliphatic carbocycles. The number of benzene rings is 1. The van der Waals surface area contributed by atoms with Gasteiger partial charge in [-0.2, -0.15) is 0 Å². The molecule has 0 saturated carbocycles. The first kappa shape index (κ1) is 16.6. The highest BCUT2D eigenvalue weighted by atomic mass is 35.5. The molecule has 0 bridgehead atoms. The molecule has 2 saturated heterocycles. The van der Waals surface area contributed by atoms with Gasteiger partial charge in [0.2, 0.25) is 5.91 Å². The highest BCUT2D eigenvalue weighted by Crippen LogP contribution is 2.27. The predicted octanol–water partition coefficient (Wildman–Crippen LogP) is 1.52. The van der Waals surface area contributed by atoms with Crippen molar-refractivity contribution in [3.8, 4) is 0 Å². The van der Waals surface area contributed by atoms with Gasteiger partial charge in [-0.15, -0.1) is 0 Å². The van der Waals surface area contributed by atoms with Crippen LogP contribution in [0.5, 0.6) is 0 Å². The van der Waals surface area contributed by atoms with Crippen LogP contribution in [0.15, 0.2) is 27.4 Å². The second kappa shape index (κ2) is 6.48. The fourth-order valence-electron chi connectivity index (χ4n) is 3.86. The molecule has 25 heavy (non-hydrogen) atoms. The molecule has 134 valence electrons. The second-order valence-corrected chi connectivity index (χ2v) is 7.29. The Labute approximate surface area is 149 Å². The molecule has 2 aliphatic heterocycles. The van der Waals surface area contributed by atoms with Gasteiger partial charge in [0.1, 0.15) is 0 Å². The molecule has 0 radical (unpaired) electrons. The van der Waals surface area contributed by atoms with Crippen molar-refractivity contribution >= 4 is 28.6 Å². The van der Waals surface area contributed by atoms with Crippen LogP contribution in [0.3, 0.4) is 0 Å². The van der Waals surface area contributed by atoms with Crippen molar-refractivity contribution in [2.75, 3.05) is 19.6 Å². The maximum atomic E-state index is 12.8. The third-order valence-electron chi connectivity index (χ3n) is 5.22. The van der Waals surface area contributed by atoms with Gasteiger partial charge in [-0.25, -0.2) is 4.79 Å². The van der Waals surface area contributed by atoms with Crippen molar-refractivity contribution < 1.29 is 9.21 Å². The van der Waals surface area contributed by atoms with Crippen LogP contribution in [0.25, 0.3) is 11.1 Å². The van der Waals surface area contributed by atoms with Gasteiger partial charge in [0.05, 0.1) is 17.5 Å². The standard InChI is InChI=1S/C17H21ClN4O3/c1-10-13(8-19-20-10)16(23)21-6-2-3-12(9-21)22-14-7-11(18)4-5-15(14)25-17(22)24/h4-5,7,10,12-13,19-20H,2-3,6,8-9H2,1H3. The van der Waals surface area contributed by atoms with Gasteiger partial charge in [-0.3, -0.25) is 20.2 Å². The molecule has 1 amide bonds. The van der Waals surface area contributed by atoms with Gasteiger partial charge < -0.3 is 9.32 Å². The van der Waals surface area contributed by atoms with Crippen molar-refractivity contribution in [2.45, 2.75) is 31.8 Å². The SMILES string of the molecule is CC1NNCC1C(=O)N1CCCC(n2c(=O)oc3ccc(Cl)cc32)C1. The van der Waals surface area contributed by atoms with E-state index in [0.717, 1.165) is 19.4 Å². The summed E-state index contributed by atoms with van der Waals surface area (Å²) in [6, 6.07) is 5.16. The lowest BCUT2D eigenvalue weighted by molar-refractivity contribution is -0.137. The van der Waals surface area contributed by atoms with Gasteiger partial charge in [0.15, 0.2) is 5.58 Å². The van der Waals surface area contributed by atoms with Crippen LogP contribution in [0.4, 0.5) is 0 Å². The summed E-state index contributed by atoms with van der Waals surface area (Å²) in [6.07, 6.45) is 1.69. The molecular formula is C17H21ClN4O3. The smallest absolute Gasteiger partial charge is 0.408 e. The lowest BCUT2D eigenvalue weighted by atomic mass is 9.98. The van der Waals surface area contributed by atoms with Crippen LogP contribution in [0.2, 0.25) is 5.02 Å². The van der Waals surface area contributed by atoms with Crippen molar-refractivity contribution in [3.63, 3.8) is 0 Å². The average molecular weight is 365 g/mol. The summed E-state index contributed by atoms with van der Waals surface area (Å²) in [5, 5.41) is 0.558. The maximum absolute atomic E-state index is 12.8. The number of rotatable bonds is 2. The number of fused-ring (bicyclic) bond motifs is 1. The van der Waals surface area contributed by atoms with E-state index in [2.05, 4.69) is 10.9 Å². The van der Waals surface area contributed by atoms with E-state index >= 15 is 0 Å². The first-order valence-corrected chi connectivity index (χ1v) is 9.00. The molecule has 0 spiro atoms. The average Bonchev–Trinajstić information content (AvgIpc) is 3.16. The summed E-state index contributed by atoms with van der Waals surface area (Å²) < 4.78 is 6.99. The number of nitrogens with one attached hydrogen (secondary N) is 2. The molecular weight excluding hydrogens is 344 g/mol. The number of oxazole rings is 1. The van der Waals surface area contributed by atoms with E-state index in [0.29, 0.717) is 29.2 Å². The summed E-state index contributed by atoms with van der Waals surface area (Å²) in [4.78, 5) is 27.1. The van der Waals surface area contributed by atoms with E-state index in [9.17, 15) is 9.59 Å². The summed E-state index contributed by atoms with van der Waals surface area (Å²) in [5.41, 5.74) is 7.34. The summed E-state index contributed by atoms with van der Waals surface area (Å²) >= 11 is 6.08. The van der Waals surface area contributed by atoms with Crippen molar-refractivity contribution in [2.24, 2.45) is 5.92 Å². The molecule has 2 aromatic rings. The largest absolute Gasteiger partial charge is 0.420 e. The summed E-state index contributed by atoms with van der Waals surface area (Å²) in [5.74, 6) is -0.339. The Bertz CT molecular complexity index is 861. The highest BCUT2D eigenvalue weighted by molar-refractivity contribution is 6.31. The molecule has 4 rings (SSSR count). The number of carbonyl (C=O) groups is 1. The summed E-state index contributed by atoms with van der Waals surface area (Å²) in [6.45, 7) is 3.87. The van der Waals surface area contributed by atoms with Crippen LogP contribution in [-0.2, 0) is 4.79 Å². The van der Waals surface area contributed by atoms with E-state index in [4.69, 9.17) is 16.0 Å². The number of likely N-dealkylation sites (tertiary alicyclic amines) is 1. The number of hydrazine groups is 1. The van der Waals surface area contributed by atoms with E-state index < -0.39 is 5.76 Å². The molecule has 3 heterocycles. The summed E-state index contributed by atoms with van der Waals surface area (Å²) in [7, 11) is 0. The molecule has 3 atom stereocenters. The Hall–Kier alpha value is -1.83. The Morgan fingerprint density at radius 2 is 2.24 bits per heavy atom. The Balaban J connectivity index is 1.61. The van der Waals surface area contributed by atoms with Crippen molar-refractivity contribution in [1.29, 1.82) is 0 Å². The van der Waals surface area contributed by atoms with Crippen molar-refractivity contribution in [3.05, 3.63) is 33.8 Å². The zero-order chi connectivity index (χ0) is 17.6. The van der Waals surface area contributed by atoms with Crippen LogP contribution in [-0.4, -0.2) is 41.1 Å². The van der Waals surface area contributed by atoms with Gasteiger partial charge >= 0.3 is 5.76 Å². The number of halogens is 1.